The van der Waals surface area contributed by atoms with Crippen molar-refractivity contribution in [2.45, 2.75) is 33.2 Å². The standard InChI is InChI=1S/C15H19NS/c1-4-12-6-8-14(17-12)15(16)13-7-5-10(2)9-11(13)3/h5-9,15H,4,16H2,1-3H3. The molecule has 0 bridgehead atoms. The predicted octanol–water partition coefficient (Wildman–Crippen LogP) is 3.98. The summed E-state index contributed by atoms with van der Waals surface area (Å²) in [6.07, 6.45) is 1.09. The fourth-order valence-corrected chi connectivity index (χ4v) is 3.05. The van der Waals surface area contributed by atoms with Crippen LogP contribution in [0.4, 0.5) is 0 Å². The van der Waals surface area contributed by atoms with Gasteiger partial charge in [-0.05, 0) is 43.5 Å². The van der Waals surface area contributed by atoms with E-state index in [1.165, 1.54) is 26.4 Å². The summed E-state index contributed by atoms with van der Waals surface area (Å²) < 4.78 is 0. The van der Waals surface area contributed by atoms with Crippen molar-refractivity contribution in [1.82, 2.24) is 0 Å². The van der Waals surface area contributed by atoms with Gasteiger partial charge in [0.05, 0.1) is 6.04 Å². The van der Waals surface area contributed by atoms with Crippen molar-refractivity contribution in [2.24, 2.45) is 5.73 Å². The van der Waals surface area contributed by atoms with E-state index in [1.54, 1.807) is 0 Å². The molecule has 1 atom stereocenters. The quantitative estimate of drug-likeness (QED) is 0.869. The van der Waals surface area contributed by atoms with Crippen LogP contribution in [0.15, 0.2) is 30.3 Å². The Balaban J connectivity index is 2.33. The van der Waals surface area contributed by atoms with Crippen molar-refractivity contribution >= 4 is 11.3 Å². The van der Waals surface area contributed by atoms with E-state index >= 15 is 0 Å². The van der Waals surface area contributed by atoms with Crippen molar-refractivity contribution in [3.63, 3.8) is 0 Å². The van der Waals surface area contributed by atoms with Gasteiger partial charge in [0.2, 0.25) is 0 Å². The van der Waals surface area contributed by atoms with Gasteiger partial charge in [-0.15, -0.1) is 11.3 Å². The zero-order valence-electron chi connectivity index (χ0n) is 10.7. The maximum Gasteiger partial charge on any atom is 0.0648 e. The Morgan fingerprint density at radius 3 is 2.53 bits per heavy atom. The summed E-state index contributed by atoms with van der Waals surface area (Å²) in [6, 6.07) is 10.8. The molecule has 1 aromatic heterocycles. The molecule has 1 heterocycles. The summed E-state index contributed by atoms with van der Waals surface area (Å²) >= 11 is 1.82. The molecule has 0 saturated heterocycles. The SMILES string of the molecule is CCc1ccc(C(N)c2ccc(C)cc2C)s1. The van der Waals surface area contributed by atoms with Crippen molar-refractivity contribution in [2.75, 3.05) is 0 Å². The van der Waals surface area contributed by atoms with Crippen molar-refractivity contribution in [1.29, 1.82) is 0 Å². The maximum absolute atomic E-state index is 6.35. The molecule has 17 heavy (non-hydrogen) atoms. The Bertz CT molecular complexity index is 513. The third-order valence-electron chi connectivity index (χ3n) is 3.10. The van der Waals surface area contributed by atoms with Gasteiger partial charge in [0, 0.05) is 9.75 Å². The van der Waals surface area contributed by atoms with Gasteiger partial charge < -0.3 is 5.73 Å². The topological polar surface area (TPSA) is 26.0 Å². The van der Waals surface area contributed by atoms with Gasteiger partial charge in [-0.2, -0.15) is 0 Å². The molecule has 0 amide bonds. The first kappa shape index (κ1) is 12.3. The number of rotatable bonds is 3. The molecular formula is C15H19NS. The molecule has 0 aliphatic rings. The van der Waals surface area contributed by atoms with E-state index in [0.717, 1.165) is 6.42 Å². The van der Waals surface area contributed by atoms with Gasteiger partial charge in [0.25, 0.3) is 0 Å². The lowest BCUT2D eigenvalue weighted by Crippen LogP contribution is -2.11. The van der Waals surface area contributed by atoms with Crippen LogP contribution in [-0.4, -0.2) is 0 Å². The smallest absolute Gasteiger partial charge is 0.0648 e. The minimum absolute atomic E-state index is 0.0147. The van der Waals surface area contributed by atoms with Crippen molar-refractivity contribution in [3.8, 4) is 0 Å². The lowest BCUT2D eigenvalue weighted by Gasteiger charge is -2.13. The second-order valence-electron chi connectivity index (χ2n) is 4.50. The molecule has 2 aromatic rings. The lowest BCUT2D eigenvalue weighted by molar-refractivity contribution is 0.881. The van der Waals surface area contributed by atoms with E-state index in [4.69, 9.17) is 5.73 Å². The van der Waals surface area contributed by atoms with E-state index in [1.807, 2.05) is 11.3 Å². The molecule has 1 nitrogen and oxygen atoms in total. The zero-order valence-corrected chi connectivity index (χ0v) is 11.5. The van der Waals surface area contributed by atoms with Gasteiger partial charge in [-0.1, -0.05) is 30.7 Å². The minimum atomic E-state index is 0.0147. The first-order chi connectivity index (χ1) is 8.11. The van der Waals surface area contributed by atoms with Crippen LogP contribution in [0.3, 0.4) is 0 Å². The Kier molecular flexibility index (Phi) is 3.65. The van der Waals surface area contributed by atoms with Gasteiger partial charge >= 0.3 is 0 Å². The van der Waals surface area contributed by atoms with E-state index in [9.17, 15) is 0 Å². The van der Waals surface area contributed by atoms with E-state index in [-0.39, 0.29) is 6.04 Å². The maximum atomic E-state index is 6.35. The summed E-state index contributed by atoms with van der Waals surface area (Å²) in [5, 5.41) is 0. The normalized spacial score (nSPS) is 12.7. The van der Waals surface area contributed by atoms with Crippen LogP contribution in [0.25, 0.3) is 0 Å². The first-order valence-electron chi connectivity index (χ1n) is 6.03. The highest BCUT2D eigenvalue weighted by atomic mass is 32.1. The Morgan fingerprint density at radius 1 is 1.18 bits per heavy atom. The molecule has 0 radical (unpaired) electrons. The number of hydrogen-bond donors (Lipinski definition) is 1. The van der Waals surface area contributed by atoms with Crippen LogP contribution >= 0.6 is 11.3 Å². The average Bonchev–Trinajstić information content (AvgIpc) is 2.76. The fourth-order valence-electron chi connectivity index (χ4n) is 2.08. The summed E-state index contributed by atoms with van der Waals surface area (Å²) in [5.74, 6) is 0. The Hall–Kier alpha value is -1.12. The van der Waals surface area contributed by atoms with Crippen LogP contribution in [0.1, 0.15) is 39.4 Å². The van der Waals surface area contributed by atoms with Gasteiger partial charge in [-0.3, -0.25) is 0 Å². The van der Waals surface area contributed by atoms with E-state index < -0.39 is 0 Å². The molecule has 0 fully saturated rings. The van der Waals surface area contributed by atoms with Gasteiger partial charge in [0.15, 0.2) is 0 Å². The van der Waals surface area contributed by atoms with Crippen LogP contribution < -0.4 is 5.73 Å². The molecular weight excluding hydrogens is 226 g/mol. The van der Waals surface area contributed by atoms with Crippen LogP contribution in [0, 0.1) is 13.8 Å². The molecule has 2 N–H and O–H groups in total. The Morgan fingerprint density at radius 2 is 1.94 bits per heavy atom. The summed E-state index contributed by atoms with van der Waals surface area (Å²) in [4.78, 5) is 2.66. The molecule has 0 spiro atoms. The number of aryl methyl sites for hydroxylation is 3. The van der Waals surface area contributed by atoms with Crippen LogP contribution in [0.5, 0.6) is 0 Å². The molecule has 0 aliphatic heterocycles. The molecule has 0 aliphatic carbocycles. The highest BCUT2D eigenvalue weighted by Crippen LogP contribution is 2.29. The molecule has 0 saturated carbocycles. The van der Waals surface area contributed by atoms with Gasteiger partial charge in [0.1, 0.15) is 0 Å². The third kappa shape index (κ3) is 2.59. The minimum Gasteiger partial charge on any atom is -0.320 e. The first-order valence-corrected chi connectivity index (χ1v) is 6.84. The molecule has 90 valence electrons. The number of benzene rings is 1. The third-order valence-corrected chi connectivity index (χ3v) is 4.41. The van der Waals surface area contributed by atoms with Gasteiger partial charge in [-0.25, -0.2) is 0 Å². The number of hydrogen-bond acceptors (Lipinski definition) is 2. The highest BCUT2D eigenvalue weighted by molar-refractivity contribution is 7.12. The van der Waals surface area contributed by atoms with Crippen molar-refractivity contribution in [3.05, 3.63) is 56.8 Å². The Labute approximate surface area is 107 Å². The molecule has 1 unspecified atom stereocenters. The molecule has 2 heteroatoms. The van der Waals surface area contributed by atoms with E-state index in [2.05, 4.69) is 51.1 Å². The fraction of sp³-hybridized carbons (Fsp3) is 0.333. The second kappa shape index (κ2) is 5.03. The highest BCUT2D eigenvalue weighted by Gasteiger charge is 2.13. The van der Waals surface area contributed by atoms with Crippen LogP contribution in [-0.2, 0) is 6.42 Å². The summed E-state index contributed by atoms with van der Waals surface area (Å²) in [6.45, 7) is 6.43. The summed E-state index contributed by atoms with van der Waals surface area (Å²) in [7, 11) is 0. The monoisotopic (exact) mass is 245 g/mol. The number of nitrogens with two attached hydrogens (primary N) is 1. The largest absolute Gasteiger partial charge is 0.320 e. The summed E-state index contributed by atoms with van der Waals surface area (Å²) in [5.41, 5.74) is 10.2. The molecule has 2 rings (SSSR count). The van der Waals surface area contributed by atoms with Crippen molar-refractivity contribution < 1.29 is 0 Å². The van der Waals surface area contributed by atoms with E-state index in [0.29, 0.717) is 0 Å². The predicted molar refractivity (Wildman–Crippen MR) is 75.6 cm³/mol. The second-order valence-corrected chi connectivity index (χ2v) is 5.70. The van der Waals surface area contributed by atoms with Crippen LogP contribution in [0.2, 0.25) is 0 Å². The molecule has 1 aromatic carbocycles. The zero-order chi connectivity index (χ0) is 12.4. The number of thiophene rings is 1. The average molecular weight is 245 g/mol. The lowest BCUT2D eigenvalue weighted by atomic mass is 9.99.